The van der Waals surface area contributed by atoms with Crippen LogP contribution in [0.25, 0.3) is 0 Å². The van der Waals surface area contributed by atoms with Crippen molar-refractivity contribution in [2.75, 3.05) is 6.54 Å². The van der Waals surface area contributed by atoms with Crippen LogP contribution in [0.5, 0.6) is 0 Å². The van der Waals surface area contributed by atoms with Crippen LogP contribution >= 0.6 is 11.3 Å². The summed E-state index contributed by atoms with van der Waals surface area (Å²) in [7, 11) is 0. The number of carboxylic acids is 1. The van der Waals surface area contributed by atoms with Crippen molar-refractivity contribution in [3.8, 4) is 0 Å². The number of aliphatic carboxylic acids is 1. The van der Waals surface area contributed by atoms with Crippen LogP contribution in [0.3, 0.4) is 0 Å². The molecule has 0 aliphatic heterocycles. The van der Waals surface area contributed by atoms with Gasteiger partial charge in [-0.3, -0.25) is 4.79 Å². The molecule has 0 spiro atoms. The zero-order valence-corrected chi connectivity index (χ0v) is 8.52. The molecule has 0 bridgehead atoms. The summed E-state index contributed by atoms with van der Waals surface area (Å²) in [5, 5.41) is 13.8. The van der Waals surface area contributed by atoms with Crippen molar-refractivity contribution in [3.63, 3.8) is 0 Å². The highest BCUT2D eigenvalue weighted by Gasteiger charge is 2.20. The van der Waals surface area contributed by atoms with E-state index in [1.165, 1.54) is 11.3 Å². The summed E-state index contributed by atoms with van der Waals surface area (Å²) in [4.78, 5) is 11.8. The summed E-state index contributed by atoms with van der Waals surface area (Å²) in [6.45, 7) is 4.49. The lowest BCUT2D eigenvalue weighted by molar-refractivity contribution is -0.139. The normalized spacial score (nSPS) is 12.8. The Balaban J connectivity index is 2.88. The van der Waals surface area contributed by atoms with E-state index in [2.05, 4.69) is 5.32 Å². The minimum absolute atomic E-state index is 0.551. The molecule has 1 atom stereocenters. The van der Waals surface area contributed by atoms with Crippen LogP contribution < -0.4 is 5.32 Å². The minimum Gasteiger partial charge on any atom is -0.480 e. The van der Waals surface area contributed by atoms with Crippen LogP contribution in [0.1, 0.15) is 23.4 Å². The molecule has 0 aromatic carbocycles. The number of carbonyl (C=O) groups is 1. The number of rotatable bonds is 4. The van der Waals surface area contributed by atoms with E-state index in [0.717, 1.165) is 10.4 Å². The second-order valence-electron chi connectivity index (χ2n) is 2.80. The molecule has 1 aromatic heterocycles. The van der Waals surface area contributed by atoms with Crippen molar-refractivity contribution >= 4 is 17.3 Å². The number of thiophene rings is 1. The first kappa shape index (κ1) is 10.2. The van der Waals surface area contributed by atoms with Gasteiger partial charge in [0.2, 0.25) is 0 Å². The smallest absolute Gasteiger partial charge is 0.326 e. The van der Waals surface area contributed by atoms with E-state index in [0.29, 0.717) is 6.54 Å². The monoisotopic (exact) mass is 199 g/mol. The first-order valence-electron chi connectivity index (χ1n) is 4.17. The van der Waals surface area contributed by atoms with Gasteiger partial charge in [-0.05, 0) is 30.5 Å². The maximum atomic E-state index is 10.9. The average Bonchev–Trinajstić information content (AvgIpc) is 2.47. The Morgan fingerprint density at radius 3 is 2.85 bits per heavy atom. The van der Waals surface area contributed by atoms with Crippen molar-refractivity contribution in [3.05, 3.63) is 21.9 Å². The van der Waals surface area contributed by atoms with Gasteiger partial charge >= 0.3 is 5.97 Å². The maximum absolute atomic E-state index is 10.9. The number of aryl methyl sites for hydroxylation is 1. The van der Waals surface area contributed by atoms with E-state index in [1.54, 1.807) is 0 Å². The average molecular weight is 199 g/mol. The molecule has 0 amide bonds. The predicted molar refractivity (Wildman–Crippen MR) is 53.1 cm³/mol. The standard InChI is InChI=1S/C9H13NO2S/c1-3-10-7(9(11)12)8-6(2)4-5-13-8/h4-5,7,10H,3H2,1-2H3,(H,11,12). The second kappa shape index (κ2) is 4.39. The van der Waals surface area contributed by atoms with Crippen LogP contribution in [-0.4, -0.2) is 17.6 Å². The number of carboxylic acid groups (broad SMARTS) is 1. The van der Waals surface area contributed by atoms with Gasteiger partial charge in [-0.2, -0.15) is 0 Å². The van der Waals surface area contributed by atoms with E-state index in [1.807, 2.05) is 25.3 Å². The van der Waals surface area contributed by atoms with Gasteiger partial charge in [0.1, 0.15) is 6.04 Å². The van der Waals surface area contributed by atoms with Gasteiger partial charge in [-0.15, -0.1) is 11.3 Å². The van der Waals surface area contributed by atoms with Crippen LogP contribution in [-0.2, 0) is 4.79 Å². The largest absolute Gasteiger partial charge is 0.480 e. The molecule has 0 saturated heterocycles. The predicted octanol–water partition coefficient (Wildman–Crippen LogP) is 1.79. The summed E-state index contributed by atoms with van der Waals surface area (Å²) in [6, 6.07) is 1.39. The van der Waals surface area contributed by atoms with E-state index >= 15 is 0 Å². The Bertz CT molecular complexity index is 296. The van der Waals surface area contributed by atoms with Gasteiger partial charge in [-0.1, -0.05) is 6.92 Å². The van der Waals surface area contributed by atoms with Gasteiger partial charge in [0.05, 0.1) is 0 Å². The molecule has 0 saturated carbocycles. The van der Waals surface area contributed by atoms with Crippen molar-refractivity contribution in [2.45, 2.75) is 19.9 Å². The number of hydrogen-bond donors (Lipinski definition) is 2. The number of likely N-dealkylation sites (N-methyl/N-ethyl adjacent to an activating group) is 1. The second-order valence-corrected chi connectivity index (χ2v) is 3.74. The zero-order chi connectivity index (χ0) is 9.84. The van der Waals surface area contributed by atoms with Crippen molar-refractivity contribution in [1.82, 2.24) is 5.32 Å². The highest BCUT2D eigenvalue weighted by atomic mass is 32.1. The van der Waals surface area contributed by atoms with Crippen molar-refractivity contribution < 1.29 is 9.90 Å². The fraction of sp³-hybridized carbons (Fsp3) is 0.444. The fourth-order valence-electron chi connectivity index (χ4n) is 1.18. The molecule has 1 heterocycles. The SMILES string of the molecule is CCNC(C(=O)O)c1sccc1C. The summed E-state index contributed by atoms with van der Waals surface area (Å²) < 4.78 is 0. The van der Waals surface area contributed by atoms with Crippen molar-refractivity contribution in [2.24, 2.45) is 0 Å². The highest BCUT2D eigenvalue weighted by Crippen LogP contribution is 2.23. The third-order valence-corrected chi connectivity index (χ3v) is 2.90. The summed E-state index contributed by atoms with van der Waals surface area (Å²) in [5.74, 6) is -0.813. The molecule has 2 N–H and O–H groups in total. The maximum Gasteiger partial charge on any atom is 0.326 e. The molecule has 3 nitrogen and oxygen atoms in total. The van der Waals surface area contributed by atoms with Gasteiger partial charge < -0.3 is 10.4 Å². The Morgan fingerprint density at radius 2 is 2.46 bits per heavy atom. The fourth-order valence-corrected chi connectivity index (χ4v) is 2.17. The Hall–Kier alpha value is -0.870. The molecule has 72 valence electrons. The molecule has 1 aromatic rings. The summed E-state index contributed by atoms with van der Waals surface area (Å²) in [6.07, 6.45) is 0. The van der Waals surface area contributed by atoms with Crippen molar-refractivity contribution in [1.29, 1.82) is 0 Å². The number of nitrogens with one attached hydrogen (secondary N) is 1. The lowest BCUT2D eigenvalue weighted by atomic mass is 10.1. The molecule has 0 aliphatic rings. The third kappa shape index (κ3) is 2.29. The lowest BCUT2D eigenvalue weighted by Crippen LogP contribution is -2.27. The Kier molecular flexibility index (Phi) is 3.45. The topological polar surface area (TPSA) is 49.3 Å². The molecule has 13 heavy (non-hydrogen) atoms. The minimum atomic E-state index is -0.813. The first-order chi connectivity index (χ1) is 6.16. The van der Waals surface area contributed by atoms with Crippen LogP contribution in [0, 0.1) is 6.92 Å². The van der Waals surface area contributed by atoms with Crippen LogP contribution in [0.2, 0.25) is 0 Å². The highest BCUT2D eigenvalue weighted by molar-refractivity contribution is 7.10. The molecule has 1 unspecified atom stereocenters. The quantitative estimate of drug-likeness (QED) is 0.777. The van der Waals surface area contributed by atoms with Gasteiger partial charge in [0.15, 0.2) is 0 Å². The molecule has 0 radical (unpaired) electrons. The van der Waals surface area contributed by atoms with E-state index in [-0.39, 0.29) is 0 Å². The Morgan fingerprint density at radius 1 is 1.77 bits per heavy atom. The molecule has 0 fully saturated rings. The molecular weight excluding hydrogens is 186 g/mol. The molecule has 1 rings (SSSR count). The Labute approximate surface area is 81.4 Å². The first-order valence-corrected chi connectivity index (χ1v) is 5.05. The van der Waals surface area contributed by atoms with E-state index in [4.69, 9.17) is 5.11 Å². The van der Waals surface area contributed by atoms with Crippen LogP contribution in [0.15, 0.2) is 11.4 Å². The van der Waals surface area contributed by atoms with Gasteiger partial charge in [-0.25, -0.2) is 0 Å². The van der Waals surface area contributed by atoms with Gasteiger partial charge in [0, 0.05) is 4.88 Å². The molecular formula is C9H13NO2S. The van der Waals surface area contributed by atoms with Gasteiger partial charge in [0.25, 0.3) is 0 Å². The lowest BCUT2D eigenvalue weighted by Gasteiger charge is -2.11. The molecule has 4 heteroatoms. The molecule has 0 aliphatic carbocycles. The summed E-state index contributed by atoms with van der Waals surface area (Å²) >= 11 is 1.48. The summed E-state index contributed by atoms with van der Waals surface area (Å²) in [5.41, 5.74) is 1.04. The van der Waals surface area contributed by atoms with E-state index < -0.39 is 12.0 Å². The van der Waals surface area contributed by atoms with E-state index in [9.17, 15) is 4.79 Å². The number of hydrogen-bond acceptors (Lipinski definition) is 3. The third-order valence-electron chi connectivity index (χ3n) is 1.82. The zero-order valence-electron chi connectivity index (χ0n) is 7.70. The van der Waals surface area contributed by atoms with Crippen LogP contribution in [0.4, 0.5) is 0 Å².